The molecule has 1 N–H and O–H groups in total. The number of ether oxygens (including phenoxy) is 2. The summed E-state index contributed by atoms with van der Waals surface area (Å²) in [7, 11) is 1.45. The van der Waals surface area contributed by atoms with E-state index in [9.17, 15) is 9.59 Å². The Labute approximate surface area is 132 Å². The molecule has 6 nitrogen and oxygen atoms in total. The summed E-state index contributed by atoms with van der Waals surface area (Å²) in [6, 6.07) is 0. The van der Waals surface area contributed by atoms with Gasteiger partial charge in [-0.15, -0.1) is 0 Å². The number of methoxy groups -OCH3 is 1. The minimum Gasteiger partial charge on any atom is -0.469 e. The molecule has 0 unspecified atom stereocenters. The van der Waals surface area contributed by atoms with Crippen LogP contribution in [-0.2, 0) is 14.3 Å². The Morgan fingerprint density at radius 3 is 2.32 bits per heavy atom. The monoisotopic (exact) mass is 312 g/mol. The third-order valence-corrected chi connectivity index (χ3v) is 4.56. The zero-order valence-corrected chi connectivity index (χ0v) is 14.1. The fourth-order valence-electron chi connectivity index (χ4n) is 3.44. The lowest BCUT2D eigenvalue weighted by atomic mass is 9.78. The van der Waals surface area contributed by atoms with Crippen molar-refractivity contribution in [3.8, 4) is 0 Å². The summed E-state index contributed by atoms with van der Waals surface area (Å²) in [6.07, 6.45) is 1.60. The first kappa shape index (κ1) is 17.1. The molecule has 0 spiro atoms. The molecule has 126 valence electrons. The Morgan fingerprint density at radius 2 is 1.77 bits per heavy atom. The molecular formula is C16H28N2O4. The molecule has 2 aliphatic rings. The van der Waals surface area contributed by atoms with Crippen molar-refractivity contribution in [3.63, 3.8) is 0 Å². The molecule has 0 radical (unpaired) electrons. The van der Waals surface area contributed by atoms with Crippen molar-refractivity contribution in [2.75, 3.05) is 33.3 Å². The van der Waals surface area contributed by atoms with Crippen LogP contribution in [0.5, 0.6) is 0 Å². The van der Waals surface area contributed by atoms with Gasteiger partial charge < -0.3 is 19.7 Å². The van der Waals surface area contributed by atoms with Gasteiger partial charge in [0.05, 0.1) is 13.0 Å². The molecule has 2 saturated heterocycles. The lowest BCUT2D eigenvalue weighted by Crippen LogP contribution is -2.44. The lowest BCUT2D eigenvalue weighted by Gasteiger charge is -2.36. The zero-order valence-electron chi connectivity index (χ0n) is 14.1. The van der Waals surface area contributed by atoms with Crippen molar-refractivity contribution in [3.05, 3.63) is 0 Å². The Morgan fingerprint density at radius 1 is 1.14 bits per heavy atom. The van der Waals surface area contributed by atoms with Gasteiger partial charge in [-0.2, -0.15) is 0 Å². The average molecular weight is 312 g/mol. The quantitative estimate of drug-likeness (QED) is 0.785. The molecule has 2 heterocycles. The van der Waals surface area contributed by atoms with E-state index in [2.05, 4.69) is 5.32 Å². The molecule has 0 aromatic carbocycles. The van der Waals surface area contributed by atoms with Gasteiger partial charge in [0, 0.05) is 19.6 Å². The standard InChI is InChI=1S/C16H28N2O4/c1-16(2,3)22-15(20)18-7-5-11(6-8-18)12-9-17-10-13(12)14(19)21-4/h11-13,17H,5-10H2,1-4H3/t12-,13+/m0/s1. The normalized spacial score (nSPS) is 26.8. The molecule has 1 amide bonds. The third kappa shape index (κ3) is 4.12. The number of carbonyl (C=O) groups excluding carboxylic acids is 2. The van der Waals surface area contributed by atoms with Crippen molar-refractivity contribution >= 4 is 12.1 Å². The highest BCUT2D eigenvalue weighted by atomic mass is 16.6. The molecule has 2 rings (SSSR count). The molecule has 22 heavy (non-hydrogen) atoms. The second-order valence-corrected chi connectivity index (χ2v) is 7.26. The summed E-state index contributed by atoms with van der Waals surface area (Å²) in [6.45, 7) is 8.59. The summed E-state index contributed by atoms with van der Waals surface area (Å²) < 4.78 is 10.3. The van der Waals surface area contributed by atoms with Gasteiger partial charge in [-0.25, -0.2) is 4.79 Å². The van der Waals surface area contributed by atoms with Crippen LogP contribution in [0, 0.1) is 17.8 Å². The number of nitrogens with one attached hydrogen (secondary N) is 1. The van der Waals surface area contributed by atoms with Crippen LogP contribution in [0.1, 0.15) is 33.6 Å². The van der Waals surface area contributed by atoms with Gasteiger partial charge in [0.1, 0.15) is 5.60 Å². The zero-order chi connectivity index (χ0) is 16.3. The van der Waals surface area contributed by atoms with Crippen LogP contribution in [0.3, 0.4) is 0 Å². The van der Waals surface area contributed by atoms with E-state index in [-0.39, 0.29) is 18.0 Å². The first-order valence-corrected chi connectivity index (χ1v) is 8.08. The minimum absolute atomic E-state index is 0.0527. The molecule has 2 aliphatic heterocycles. The smallest absolute Gasteiger partial charge is 0.410 e. The number of carbonyl (C=O) groups is 2. The van der Waals surface area contributed by atoms with Crippen LogP contribution >= 0.6 is 0 Å². The van der Waals surface area contributed by atoms with Gasteiger partial charge in [0.25, 0.3) is 0 Å². The van der Waals surface area contributed by atoms with E-state index in [1.165, 1.54) is 7.11 Å². The highest BCUT2D eigenvalue weighted by molar-refractivity contribution is 5.73. The van der Waals surface area contributed by atoms with Crippen LogP contribution in [0.25, 0.3) is 0 Å². The minimum atomic E-state index is -0.459. The number of hydrogen-bond acceptors (Lipinski definition) is 5. The average Bonchev–Trinajstić information content (AvgIpc) is 2.94. The number of amides is 1. The largest absolute Gasteiger partial charge is 0.469 e. The van der Waals surface area contributed by atoms with Gasteiger partial charge in [0.15, 0.2) is 0 Å². The maximum Gasteiger partial charge on any atom is 0.410 e. The van der Waals surface area contributed by atoms with E-state index in [0.29, 0.717) is 31.5 Å². The number of esters is 1. The van der Waals surface area contributed by atoms with Crippen LogP contribution in [0.15, 0.2) is 0 Å². The Hall–Kier alpha value is -1.30. The Kier molecular flexibility index (Phi) is 5.32. The number of likely N-dealkylation sites (tertiary alicyclic amines) is 1. The van der Waals surface area contributed by atoms with E-state index in [0.717, 1.165) is 19.4 Å². The Balaban J connectivity index is 1.87. The number of nitrogens with zero attached hydrogens (tertiary/aromatic N) is 1. The summed E-state index contributed by atoms with van der Waals surface area (Å²) >= 11 is 0. The maximum atomic E-state index is 12.1. The maximum absolute atomic E-state index is 12.1. The van der Waals surface area contributed by atoms with Gasteiger partial charge >= 0.3 is 12.1 Å². The SMILES string of the molecule is COC(=O)[C@@H]1CNC[C@H]1C1CCN(C(=O)OC(C)(C)C)CC1. The molecule has 0 saturated carbocycles. The fraction of sp³-hybridized carbons (Fsp3) is 0.875. The van der Waals surface area contributed by atoms with E-state index in [1.54, 1.807) is 4.90 Å². The predicted molar refractivity (Wildman–Crippen MR) is 82.4 cm³/mol. The molecular weight excluding hydrogens is 284 g/mol. The first-order valence-electron chi connectivity index (χ1n) is 8.08. The fourth-order valence-corrected chi connectivity index (χ4v) is 3.44. The van der Waals surface area contributed by atoms with Crippen molar-refractivity contribution < 1.29 is 19.1 Å². The van der Waals surface area contributed by atoms with Crippen LogP contribution in [0.4, 0.5) is 4.79 Å². The van der Waals surface area contributed by atoms with E-state index in [4.69, 9.17) is 9.47 Å². The van der Waals surface area contributed by atoms with Gasteiger partial charge in [0.2, 0.25) is 0 Å². The van der Waals surface area contributed by atoms with Gasteiger partial charge in [-0.05, 0) is 52.0 Å². The Bertz CT molecular complexity index is 411. The second-order valence-electron chi connectivity index (χ2n) is 7.26. The highest BCUT2D eigenvalue weighted by Gasteiger charge is 2.40. The summed E-state index contributed by atoms with van der Waals surface area (Å²) in [4.78, 5) is 25.7. The second kappa shape index (κ2) is 6.86. The van der Waals surface area contributed by atoms with Crippen molar-refractivity contribution in [1.29, 1.82) is 0 Å². The van der Waals surface area contributed by atoms with Gasteiger partial charge in [-0.1, -0.05) is 0 Å². The molecule has 2 atom stereocenters. The van der Waals surface area contributed by atoms with Gasteiger partial charge in [-0.3, -0.25) is 4.79 Å². The summed E-state index contributed by atoms with van der Waals surface area (Å²) in [5.74, 6) is 0.596. The summed E-state index contributed by atoms with van der Waals surface area (Å²) in [5, 5.41) is 3.29. The first-order chi connectivity index (χ1) is 10.3. The molecule has 0 aliphatic carbocycles. The van der Waals surface area contributed by atoms with Crippen LogP contribution in [0.2, 0.25) is 0 Å². The molecule has 6 heteroatoms. The van der Waals surface area contributed by atoms with E-state index in [1.807, 2.05) is 20.8 Å². The number of hydrogen-bond donors (Lipinski definition) is 1. The highest BCUT2D eigenvalue weighted by Crippen LogP contribution is 2.33. The van der Waals surface area contributed by atoms with Crippen molar-refractivity contribution in [2.24, 2.45) is 17.8 Å². The topological polar surface area (TPSA) is 67.9 Å². The molecule has 0 aromatic heterocycles. The van der Waals surface area contributed by atoms with Crippen LogP contribution in [-0.4, -0.2) is 55.9 Å². The predicted octanol–water partition coefficient (Wildman–Crippen LogP) is 1.64. The summed E-state index contributed by atoms with van der Waals surface area (Å²) in [5.41, 5.74) is -0.459. The molecule has 0 aromatic rings. The lowest BCUT2D eigenvalue weighted by molar-refractivity contribution is -0.147. The van der Waals surface area contributed by atoms with Crippen LogP contribution < -0.4 is 5.32 Å². The number of piperidine rings is 1. The molecule has 2 fully saturated rings. The van der Waals surface area contributed by atoms with Crippen molar-refractivity contribution in [2.45, 2.75) is 39.2 Å². The van der Waals surface area contributed by atoms with Crippen molar-refractivity contribution in [1.82, 2.24) is 10.2 Å². The third-order valence-electron chi connectivity index (χ3n) is 4.56. The molecule has 0 bridgehead atoms. The van der Waals surface area contributed by atoms with E-state index < -0.39 is 5.60 Å². The number of rotatable bonds is 2. The van der Waals surface area contributed by atoms with E-state index >= 15 is 0 Å².